The van der Waals surface area contributed by atoms with Gasteiger partial charge in [-0.15, -0.1) is 0 Å². The summed E-state index contributed by atoms with van der Waals surface area (Å²) in [5.74, 6) is 0.371. The average Bonchev–Trinajstić information content (AvgIpc) is 2.39. The molecule has 6 nitrogen and oxygen atoms in total. The molecular weight excluding hydrogens is 234 g/mol. The molecule has 0 unspecified atom stereocenters. The lowest BCUT2D eigenvalue weighted by Crippen LogP contribution is -2.49. The van der Waals surface area contributed by atoms with Gasteiger partial charge in [0.1, 0.15) is 0 Å². The van der Waals surface area contributed by atoms with E-state index in [1.807, 2.05) is 4.90 Å². The van der Waals surface area contributed by atoms with E-state index >= 15 is 0 Å². The molecule has 6 heteroatoms. The molecule has 18 heavy (non-hydrogen) atoms. The number of likely N-dealkylation sites (tertiary alicyclic amines) is 1. The average molecular weight is 255 g/mol. The molecule has 0 radical (unpaired) electrons. The van der Waals surface area contributed by atoms with Gasteiger partial charge in [0.25, 0.3) is 0 Å². The van der Waals surface area contributed by atoms with Gasteiger partial charge in [0.15, 0.2) is 0 Å². The summed E-state index contributed by atoms with van der Waals surface area (Å²) in [5, 5.41) is 2.70. The first-order valence-electron chi connectivity index (χ1n) is 6.59. The van der Waals surface area contributed by atoms with Crippen LogP contribution in [0.3, 0.4) is 0 Å². The van der Waals surface area contributed by atoms with E-state index in [2.05, 4.69) is 5.32 Å². The Hall–Kier alpha value is -1.30. The number of primary amides is 1. The smallest absolute Gasteiger partial charge is 0.312 e. The Kier molecular flexibility index (Phi) is 4.41. The Bertz CT molecular complexity index is 308. The van der Waals surface area contributed by atoms with Gasteiger partial charge in [0.05, 0.1) is 0 Å². The normalized spacial score (nSPS) is 22.8. The van der Waals surface area contributed by atoms with E-state index < -0.39 is 6.03 Å². The van der Waals surface area contributed by atoms with E-state index in [1.54, 1.807) is 0 Å². The Morgan fingerprint density at radius 2 is 1.72 bits per heavy atom. The van der Waals surface area contributed by atoms with Crippen molar-refractivity contribution in [3.05, 3.63) is 0 Å². The molecule has 2 aliphatic rings. The van der Waals surface area contributed by atoms with Crippen LogP contribution in [0.25, 0.3) is 0 Å². The van der Waals surface area contributed by atoms with Crippen molar-refractivity contribution >= 4 is 11.9 Å². The zero-order valence-corrected chi connectivity index (χ0v) is 10.6. The lowest BCUT2D eigenvalue weighted by Gasteiger charge is -2.35. The van der Waals surface area contributed by atoms with Gasteiger partial charge in [0, 0.05) is 38.3 Å². The summed E-state index contributed by atoms with van der Waals surface area (Å²) in [4.78, 5) is 24.9. The summed E-state index contributed by atoms with van der Waals surface area (Å²) >= 11 is 0. The number of carbonyl (C=O) groups excluding carboxylic acids is 2. The summed E-state index contributed by atoms with van der Waals surface area (Å²) in [6.07, 6.45) is 3.24. The van der Waals surface area contributed by atoms with Crippen LogP contribution >= 0.6 is 0 Å². The number of hydrogen-bond acceptors (Lipinski definition) is 3. The predicted octanol–water partition coefficient (Wildman–Crippen LogP) is 0.0723. The number of urea groups is 1. The minimum Gasteiger partial charge on any atom is -0.381 e. The van der Waals surface area contributed by atoms with Crippen molar-refractivity contribution in [3.8, 4) is 0 Å². The molecule has 0 spiro atoms. The van der Waals surface area contributed by atoms with Crippen LogP contribution in [0.1, 0.15) is 25.7 Å². The molecule has 2 rings (SSSR count). The number of amides is 3. The zero-order chi connectivity index (χ0) is 13.0. The van der Waals surface area contributed by atoms with Crippen LogP contribution in [-0.2, 0) is 9.53 Å². The number of nitrogens with two attached hydrogens (primary N) is 1. The fourth-order valence-corrected chi connectivity index (χ4v) is 2.65. The van der Waals surface area contributed by atoms with Crippen LogP contribution in [0.2, 0.25) is 0 Å². The monoisotopic (exact) mass is 255 g/mol. The van der Waals surface area contributed by atoms with Gasteiger partial charge in [0.2, 0.25) is 5.91 Å². The number of nitrogens with zero attached hydrogens (tertiary/aromatic N) is 1. The molecule has 3 N–H and O–H groups in total. The standard InChI is InChI=1S/C12H21N3O3/c13-12(17)14-10-1-5-15(6-2-10)11(16)9-3-7-18-8-4-9/h9-10H,1-8H2,(H3,13,14,17). The summed E-state index contributed by atoms with van der Waals surface area (Å²) in [5.41, 5.74) is 5.09. The molecular formula is C12H21N3O3. The fraction of sp³-hybridized carbons (Fsp3) is 0.833. The molecule has 0 aromatic rings. The molecule has 0 atom stereocenters. The van der Waals surface area contributed by atoms with Crippen molar-refractivity contribution in [2.24, 2.45) is 11.7 Å². The van der Waals surface area contributed by atoms with Gasteiger partial charge >= 0.3 is 6.03 Å². The first-order chi connectivity index (χ1) is 8.66. The molecule has 2 fully saturated rings. The third kappa shape index (κ3) is 3.35. The summed E-state index contributed by atoms with van der Waals surface area (Å²) in [6, 6.07) is -0.370. The highest BCUT2D eigenvalue weighted by atomic mass is 16.5. The van der Waals surface area contributed by atoms with E-state index in [0.717, 1.165) is 25.7 Å². The molecule has 3 amide bonds. The van der Waals surface area contributed by atoms with Crippen LogP contribution in [0.4, 0.5) is 4.79 Å². The van der Waals surface area contributed by atoms with Crippen molar-refractivity contribution in [2.75, 3.05) is 26.3 Å². The maximum absolute atomic E-state index is 12.2. The summed E-state index contributed by atoms with van der Waals surface area (Å²) in [6.45, 7) is 2.80. The number of rotatable bonds is 2. The first-order valence-corrected chi connectivity index (χ1v) is 6.59. The molecule has 0 aliphatic carbocycles. The van der Waals surface area contributed by atoms with Crippen LogP contribution in [0.15, 0.2) is 0 Å². The molecule has 2 aliphatic heterocycles. The second kappa shape index (κ2) is 6.04. The van der Waals surface area contributed by atoms with Gasteiger partial charge in [-0.3, -0.25) is 4.79 Å². The number of nitrogens with one attached hydrogen (secondary N) is 1. The number of piperidine rings is 1. The molecule has 0 bridgehead atoms. The largest absolute Gasteiger partial charge is 0.381 e. The fourth-order valence-electron chi connectivity index (χ4n) is 2.65. The van der Waals surface area contributed by atoms with Gasteiger partial charge in [-0.25, -0.2) is 4.79 Å². The van der Waals surface area contributed by atoms with Gasteiger partial charge < -0.3 is 20.7 Å². The number of ether oxygens (including phenoxy) is 1. The third-order valence-corrected chi connectivity index (χ3v) is 3.72. The quantitative estimate of drug-likeness (QED) is 0.732. The summed E-state index contributed by atoms with van der Waals surface area (Å²) in [7, 11) is 0. The Labute approximate surface area is 107 Å². The van der Waals surface area contributed by atoms with E-state index in [9.17, 15) is 9.59 Å². The first kappa shape index (κ1) is 13.1. The highest BCUT2D eigenvalue weighted by Gasteiger charge is 2.29. The van der Waals surface area contributed by atoms with Gasteiger partial charge in [-0.2, -0.15) is 0 Å². The minimum absolute atomic E-state index is 0.112. The SMILES string of the molecule is NC(=O)NC1CCN(C(=O)C2CCOCC2)CC1. The highest BCUT2D eigenvalue weighted by Crippen LogP contribution is 2.20. The second-order valence-electron chi connectivity index (χ2n) is 4.99. The maximum Gasteiger partial charge on any atom is 0.312 e. The lowest BCUT2D eigenvalue weighted by atomic mass is 9.96. The van der Waals surface area contributed by atoms with Gasteiger partial charge in [-0.05, 0) is 25.7 Å². The second-order valence-corrected chi connectivity index (χ2v) is 4.99. The van der Waals surface area contributed by atoms with E-state index in [4.69, 9.17) is 10.5 Å². The molecule has 0 aromatic carbocycles. The molecule has 0 aromatic heterocycles. The Morgan fingerprint density at radius 3 is 2.28 bits per heavy atom. The zero-order valence-electron chi connectivity index (χ0n) is 10.6. The Balaban J connectivity index is 1.78. The van der Waals surface area contributed by atoms with Gasteiger partial charge in [-0.1, -0.05) is 0 Å². The van der Waals surface area contributed by atoms with Crippen molar-refractivity contribution in [2.45, 2.75) is 31.7 Å². The minimum atomic E-state index is -0.482. The lowest BCUT2D eigenvalue weighted by molar-refractivity contribution is -0.139. The molecule has 102 valence electrons. The number of hydrogen-bond donors (Lipinski definition) is 2. The third-order valence-electron chi connectivity index (χ3n) is 3.72. The molecule has 0 saturated carbocycles. The molecule has 2 saturated heterocycles. The Morgan fingerprint density at radius 1 is 1.11 bits per heavy atom. The van der Waals surface area contributed by atoms with E-state index in [1.165, 1.54) is 0 Å². The van der Waals surface area contributed by atoms with Crippen molar-refractivity contribution in [1.29, 1.82) is 0 Å². The van der Waals surface area contributed by atoms with E-state index in [0.29, 0.717) is 26.3 Å². The van der Waals surface area contributed by atoms with E-state index in [-0.39, 0.29) is 17.9 Å². The van der Waals surface area contributed by atoms with Crippen LogP contribution in [0.5, 0.6) is 0 Å². The van der Waals surface area contributed by atoms with Crippen LogP contribution < -0.4 is 11.1 Å². The topological polar surface area (TPSA) is 84.7 Å². The number of carbonyl (C=O) groups is 2. The molecule has 2 heterocycles. The highest BCUT2D eigenvalue weighted by molar-refractivity contribution is 5.79. The van der Waals surface area contributed by atoms with Crippen LogP contribution in [0, 0.1) is 5.92 Å². The predicted molar refractivity (Wildman–Crippen MR) is 65.9 cm³/mol. The maximum atomic E-state index is 12.2. The van der Waals surface area contributed by atoms with Crippen molar-refractivity contribution in [1.82, 2.24) is 10.2 Å². The van der Waals surface area contributed by atoms with Crippen molar-refractivity contribution < 1.29 is 14.3 Å². The van der Waals surface area contributed by atoms with Crippen molar-refractivity contribution in [3.63, 3.8) is 0 Å². The van der Waals surface area contributed by atoms with Crippen LogP contribution in [-0.4, -0.2) is 49.2 Å². The summed E-state index contributed by atoms with van der Waals surface area (Å²) < 4.78 is 5.27.